The average molecular weight is 331 g/mol. The van der Waals surface area contributed by atoms with E-state index in [1.807, 2.05) is 0 Å². The Morgan fingerprint density at radius 1 is 1.56 bits per heavy atom. The molecule has 94 valence electrons. The van der Waals surface area contributed by atoms with Crippen molar-refractivity contribution < 1.29 is 14.3 Å². The predicted molar refractivity (Wildman–Crippen MR) is 71.2 cm³/mol. The van der Waals surface area contributed by atoms with E-state index in [2.05, 4.69) is 26.2 Å². The van der Waals surface area contributed by atoms with E-state index in [0.717, 1.165) is 4.47 Å². The summed E-state index contributed by atoms with van der Waals surface area (Å²) in [5.74, 6) is -1.52. The van der Waals surface area contributed by atoms with E-state index in [1.54, 1.807) is 19.1 Å². The van der Waals surface area contributed by atoms with Crippen LogP contribution >= 0.6 is 27.3 Å². The van der Waals surface area contributed by atoms with Crippen LogP contribution in [0.5, 0.6) is 0 Å². The van der Waals surface area contributed by atoms with Gasteiger partial charge in [-0.3, -0.25) is 0 Å². The molecule has 2 rings (SSSR count). The lowest BCUT2D eigenvalue weighted by molar-refractivity contribution is 0.0690. The van der Waals surface area contributed by atoms with Crippen molar-refractivity contribution in [1.82, 2.24) is 4.98 Å². The van der Waals surface area contributed by atoms with Crippen molar-refractivity contribution in [1.29, 1.82) is 0 Å². The number of hydrogen-bond acceptors (Lipinski definition) is 4. The lowest BCUT2D eigenvalue weighted by Gasteiger charge is -2.04. The largest absolute Gasteiger partial charge is 0.476 e. The van der Waals surface area contributed by atoms with Gasteiger partial charge in [0.05, 0.1) is 5.69 Å². The minimum atomic E-state index is -1.09. The number of thiazole rings is 1. The maximum atomic E-state index is 13.5. The first-order valence-corrected chi connectivity index (χ1v) is 6.51. The SMILES string of the molecule is Cc1sc(Nc2cc(Br)ccc2F)nc1C(=O)O. The Balaban J connectivity index is 2.31. The molecule has 0 aliphatic heterocycles. The third kappa shape index (κ3) is 2.68. The van der Waals surface area contributed by atoms with Crippen LogP contribution in [0, 0.1) is 12.7 Å². The number of anilines is 2. The summed E-state index contributed by atoms with van der Waals surface area (Å²) in [5, 5.41) is 12.0. The first-order chi connectivity index (χ1) is 8.47. The lowest BCUT2D eigenvalue weighted by Crippen LogP contribution is -1.99. The molecule has 0 unspecified atom stereocenters. The van der Waals surface area contributed by atoms with Gasteiger partial charge in [0.2, 0.25) is 0 Å². The number of aromatic carboxylic acids is 1. The molecule has 0 saturated carbocycles. The van der Waals surface area contributed by atoms with E-state index in [1.165, 1.54) is 17.4 Å². The number of halogens is 2. The molecule has 0 aliphatic carbocycles. The molecule has 0 saturated heterocycles. The second kappa shape index (κ2) is 5.03. The van der Waals surface area contributed by atoms with Gasteiger partial charge >= 0.3 is 5.97 Å². The highest BCUT2D eigenvalue weighted by Gasteiger charge is 2.15. The van der Waals surface area contributed by atoms with E-state index >= 15 is 0 Å². The molecule has 0 amide bonds. The van der Waals surface area contributed by atoms with Gasteiger partial charge in [-0.25, -0.2) is 14.2 Å². The van der Waals surface area contributed by atoms with Gasteiger partial charge in [-0.05, 0) is 25.1 Å². The van der Waals surface area contributed by atoms with Crippen molar-refractivity contribution in [2.75, 3.05) is 5.32 Å². The molecule has 18 heavy (non-hydrogen) atoms. The monoisotopic (exact) mass is 330 g/mol. The van der Waals surface area contributed by atoms with E-state index in [0.29, 0.717) is 10.0 Å². The minimum absolute atomic E-state index is 0.0158. The number of carboxylic acids is 1. The molecule has 0 radical (unpaired) electrons. The zero-order chi connectivity index (χ0) is 13.3. The van der Waals surface area contributed by atoms with Gasteiger partial charge < -0.3 is 10.4 Å². The van der Waals surface area contributed by atoms with Crippen LogP contribution in [0.25, 0.3) is 0 Å². The third-order valence-corrected chi connectivity index (χ3v) is 3.55. The highest BCUT2D eigenvalue weighted by atomic mass is 79.9. The number of hydrogen-bond donors (Lipinski definition) is 2. The van der Waals surface area contributed by atoms with Crippen LogP contribution < -0.4 is 5.32 Å². The van der Waals surface area contributed by atoms with Gasteiger partial charge in [-0.2, -0.15) is 0 Å². The van der Waals surface area contributed by atoms with Gasteiger partial charge in [-0.15, -0.1) is 11.3 Å². The van der Waals surface area contributed by atoms with E-state index in [-0.39, 0.29) is 11.4 Å². The highest BCUT2D eigenvalue weighted by molar-refractivity contribution is 9.10. The molecule has 4 nitrogen and oxygen atoms in total. The Morgan fingerprint density at radius 3 is 2.89 bits per heavy atom. The summed E-state index contributed by atoms with van der Waals surface area (Å²) in [4.78, 5) is 15.3. The molecule has 1 aromatic heterocycles. The van der Waals surface area contributed by atoms with Crippen molar-refractivity contribution in [2.45, 2.75) is 6.92 Å². The van der Waals surface area contributed by atoms with Crippen LogP contribution in [0.1, 0.15) is 15.4 Å². The fraction of sp³-hybridized carbons (Fsp3) is 0.0909. The zero-order valence-electron chi connectivity index (χ0n) is 9.20. The van der Waals surface area contributed by atoms with E-state index in [9.17, 15) is 9.18 Å². The summed E-state index contributed by atoms with van der Waals surface area (Å²) < 4.78 is 14.2. The maximum Gasteiger partial charge on any atom is 0.355 e. The number of nitrogens with one attached hydrogen (secondary N) is 1. The van der Waals surface area contributed by atoms with Crippen molar-refractivity contribution in [3.8, 4) is 0 Å². The molecular weight excluding hydrogens is 323 g/mol. The number of carboxylic acid groups (broad SMARTS) is 1. The first-order valence-electron chi connectivity index (χ1n) is 4.90. The Hall–Kier alpha value is -1.47. The lowest BCUT2D eigenvalue weighted by atomic mass is 10.3. The number of carbonyl (C=O) groups is 1. The predicted octanol–water partition coefficient (Wildman–Crippen LogP) is 3.79. The number of nitrogens with zero attached hydrogens (tertiary/aromatic N) is 1. The molecule has 0 spiro atoms. The van der Waals surface area contributed by atoms with Crippen LogP contribution in [-0.2, 0) is 0 Å². The first kappa shape index (κ1) is 13.0. The van der Waals surface area contributed by atoms with Crippen LogP contribution in [0.3, 0.4) is 0 Å². The summed E-state index contributed by atoms with van der Waals surface area (Å²) in [6.07, 6.45) is 0. The average Bonchev–Trinajstić information content (AvgIpc) is 2.65. The minimum Gasteiger partial charge on any atom is -0.476 e. The molecule has 1 aromatic carbocycles. The third-order valence-electron chi connectivity index (χ3n) is 2.17. The summed E-state index contributed by atoms with van der Waals surface area (Å²) in [5.41, 5.74) is 0.230. The van der Waals surface area contributed by atoms with Gasteiger partial charge in [0, 0.05) is 9.35 Å². The topological polar surface area (TPSA) is 62.2 Å². The van der Waals surface area contributed by atoms with Crippen molar-refractivity contribution in [3.05, 3.63) is 39.1 Å². The molecule has 2 aromatic rings. The molecular formula is C11H8BrFN2O2S. The zero-order valence-corrected chi connectivity index (χ0v) is 11.6. The summed E-state index contributed by atoms with van der Waals surface area (Å²) in [6.45, 7) is 1.66. The van der Waals surface area contributed by atoms with Gasteiger partial charge in [0.1, 0.15) is 5.82 Å². The Bertz CT molecular complexity index is 615. The quantitative estimate of drug-likeness (QED) is 0.898. The summed E-state index contributed by atoms with van der Waals surface area (Å²) in [6, 6.07) is 4.45. The molecule has 7 heteroatoms. The number of aromatic nitrogens is 1. The van der Waals surface area contributed by atoms with Crippen LogP contribution in [0.4, 0.5) is 15.2 Å². The van der Waals surface area contributed by atoms with Crippen molar-refractivity contribution in [3.63, 3.8) is 0 Å². The molecule has 0 aliphatic rings. The second-order valence-electron chi connectivity index (χ2n) is 3.48. The molecule has 0 bridgehead atoms. The Kier molecular flexibility index (Phi) is 3.63. The standard InChI is InChI=1S/C11H8BrFN2O2S/c1-5-9(10(16)17)15-11(18-5)14-8-4-6(12)2-3-7(8)13/h2-4H,1H3,(H,14,15)(H,16,17). The van der Waals surface area contributed by atoms with Gasteiger partial charge in [0.15, 0.2) is 10.8 Å². The summed E-state index contributed by atoms with van der Waals surface area (Å²) >= 11 is 4.40. The van der Waals surface area contributed by atoms with Crippen molar-refractivity contribution >= 4 is 44.1 Å². The fourth-order valence-corrected chi connectivity index (χ4v) is 2.54. The van der Waals surface area contributed by atoms with Gasteiger partial charge in [-0.1, -0.05) is 15.9 Å². The molecule has 0 fully saturated rings. The molecule has 2 N–H and O–H groups in total. The number of aryl methyl sites for hydroxylation is 1. The van der Waals surface area contributed by atoms with E-state index in [4.69, 9.17) is 5.11 Å². The van der Waals surface area contributed by atoms with Crippen LogP contribution in [0.2, 0.25) is 0 Å². The van der Waals surface area contributed by atoms with Crippen molar-refractivity contribution in [2.24, 2.45) is 0 Å². The fourth-order valence-electron chi connectivity index (χ4n) is 1.36. The normalized spacial score (nSPS) is 10.4. The Morgan fingerprint density at radius 2 is 2.28 bits per heavy atom. The summed E-state index contributed by atoms with van der Waals surface area (Å²) in [7, 11) is 0. The number of rotatable bonds is 3. The van der Waals surface area contributed by atoms with E-state index < -0.39 is 11.8 Å². The molecule has 0 atom stereocenters. The highest BCUT2D eigenvalue weighted by Crippen LogP contribution is 2.28. The van der Waals surface area contributed by atoms with Crippen LogP contribution in [-0.4, -0.2) is 16.1 Å². The maximum absolute atomic E-state index is 13.5. The molecule has 1 heterocycles. The smallest absolute Gasteiger partial charge is 0.355 e. The van der Waals surface area contributed by atoms with Gasteiger partial charge in [0.25, 0.3) is 0 Å². The number of benzene rings is 1. The second-order valence-corrected chi connectivity index (χ2v) is 5.60. The Labute approximate surface area is 115 Å². The van der Waals surface area contributed by atoms with Crippen LogP contribution in [0.15, 0.2) is 22.7 Å².